The normalized spacial score (nSPS) is 11.4. The molecule has 1 aromatic heterocycles. The lowest BCUT2D eigenvalue weighted by Gasteiger charge is -2.14. The smallest absolute Gasteiger partial charge is 0.378 e. The van der Waals surface area contributed by atoms with Crippen LogP contribution in [-0.2, 0) is 12.7 Å². The van der Waals surface area contributed by atoms with E-state index in [4.69, 9.17) is 11.6 Å². The molecule has 0 aliphatic heterocycles. The first-order valence-electron chi connectivity index (χ1n) is 5.47. The van der Waals surface area contributed by atoms with Gasteiger partial charge in [0.2, 0.25) is 0 Å². The topological polar surface area (TPSA) is 24.9 Å². The Labute approximate surface area is 113 Å². The van der Waals surface area contributed by atoms with Crippen molar-refractivity contribution in [3.63, 3.8) is 0 Å². The van der Waals surface area contributed by atoms with Gasteiger partial charge in [-0.15, -0.1) is 0 Å². The van der Waals surface area contributed by atoms with Crippen LogP contribution in [0.5, 0.6) is 0 Å². The Morgan fingerprint density at radius 2 is 1.89 bits per heavy atom. The van der Waals surface area contributed by atoms with Crippen LogP contribution in [0.2, 0.25) is 5.02 Å². The van der Waals surface area contributed by atoms with E-state index in [1.54, 1.807) is 12.1 Å². The van der Waals surface area contributed by atoms with Gasteiger partial charge in [-0.2, -0.15) is 13.2 Å². The van der Waals surface area contributed by atoms with Crippen molar-refractivity contribution in [3.8, 4) is 0 Å². The molecular formula is C13H10ClF3N2. The molecule has 1 N–H and O–H groups in total. The van der Waals surface area contributed by atoms with Crippen molar-refractivity contribution < 1.29 is 13.2 Å². The summed E-state index contributed by atoms with van der Waals surface area (Å²) in [6.45, 7) is 0.0289. The van der Waals surface area contributed by atoms with Crippen molar-refractivity contribution in [2.75, 3.05) is 5.32 Å². The number of pyridine rings is 1. The Morgan fingerprint density at radius 3 is 2.58 bits per heavy atom. The number of alkyl halides is 3. The molecule has 1 heterocycles. The van der Waals surface area contributed by atoms with E-state index in [-0.39, 0.29) is 12.1 Å². The molecule has 0 spiro atoms. The van der Waals surface area contributed by atoms with Crippen LogP contribution in [-0.4, -0.2) is 4.98 Å². The predicted molar refractivity (Wildman–Crippen MR) is 68.0 cm³/mol. The van der Waals surface area contributed by atoms with Crippen LogP contribution in [0.3, 0.4) is 0 Å². The molecule has 6 heteroatoms. The van der Waals surface area contributed by atoms with Crippen molar-refractivity contribution in [2.45, 2.75) is 12.7 Å². The lowest BCUT2D eigenvalue weighted by atomic mass is 10.1. The van der Waals surface area contributed by atoms with Gasteiger partial charge in [0.15, 0.2) is 0 Å². The van der Waals surface area contributed by atoms with Crippen molar-refractivity contribution in [2.24, 2.45) is 0 Å². The van der Waals surface area contributed by atoms with Crippen molar-refractivity contribution in [1.82, 2.24) is 4.98 Å². The van der Waals surface area contributed by atoms with E-state index in [0.29, 0.717) is 10.7 Å². The summed E-state index contributed by atoms with van der Waals surface area (Å²) in [5.74, 6) is 0. The first-order valence-corrected chi connectivity index (χ1v) is 5.85. The van der Waals surface area contributed by atoms with Crippen molar-refractivity contribution in [3.05, 3.63) is 58.9 Å². The third kappa shape index (κ3) is 3.38. The van der Waals surface area contributed by atoms with E-state index in [0.717, 1.165) is 6.07 Å². The Hall–Kier alpha value is -1.75. The molecule has 1 aromatic carbocycles. The number of halogens is 4. The molecule has 0 saturated carbocycles. The molecule has 0 aliphatic rings. The van der Waals surface area contributed by atoms with Gasteiger partial charge >= 0.3 is 6.18 Å². The molecule has 0 saturated heterocycles. The van der Waals surface area contributed by atoms with E-state index >= 15 is 0 Å². The maximum atomic E-state index is 12.8. The van der Waals surface area contributed by atoms with Gasteiger partial charge < -0.3 is 5.32 Å². The molecule has 0 radical (unpaired) electrons. The largest absolute Gasteiger partial charge is 0.416 e. The summed E-state index contributed by atoms with van der Waals surface area (Å²) in [5, 5.41) is 3.26. The molecule has 100 valence electrons. The van der Waals surface area contributed by atoms with Crippen LogP contribution < -0.4 is 5.32 Å². The summed E-state index contributed by atoms with van der Waals surface area (Å²) in [4.78, 5) is 3.86. The van der Waals surface area contributed by atoms with Crippen molar-refractivity contribution in [1.29, 1.82) is 0 Å². The minimum Gasteiger partial charge on any atom is -0.378 e. The highest BCUT2D eigenvalue weighted by Crippen LogP contribution is 2.32. The molecule has 0 amide bonds. The molecule has 2 nitrogen and oxygen atoms in total. The zero-order valence-corrected chi connectivity index (χ0v) is 10.5. The number of rotatable bonds is 3. The van der Waals surface area contributed by atoms with Gasteiger partial charge in [-0.1, -0.05) is 29.8 Å². The van der Waals surface area contributed by atoms with Crippen LogP contribution in [0.25, 0.3) is 0 Å². The minimum absolute atomic E-state index is 0.0289. The van der Waals surface area contributed by atoms with Gasteiger partial charge in [-0.25, -0.2) is 0 Å². The molecule has 0 aliphatic carbocycles. The van der Waals surface area contributed by atoms with Crippen LogP contribution >= 0.6 is 11.6 Å². The lowest BCUT2D eigenvalue weighted by Crippen LogP contribution is -2.11. The number of anilines is 1. The second kappa shape index (κ2) is 5.48. The summed E-state index contributed by atoms with van der Waals surface area (Å²) in [6, 6.07) is 6.99. The number of benzene rings is 1. The number of hydrogen-bond acceptors (Lipinski definition) is 2. The Balaban J connectivity index is 2.19. The van der Waals surface area contributed by atoms with Crippen LogP contribution in [0, 0.1) is 0 Å². The fourth-order valence-corrected chi connectivity index (χ4v) is 1.82. The molecule has 0 atom stereocenters. The monoisotopic (exact) mass is 286 g/mol. The summed E-state index contributed by atoms with van der Waals surface area (Å²) >= 11 is 5.90. The Morgan fingerprint density at radius 1 is 1.16 bits per heavy atom. The molecule has 2 aromatic rings. The predicted octanol–water partition coefficient (Wildman–Crippen LogP) is 4.37. The molecule has 0 bridgehead atoms. The summed E-state index contributed by atoms with van der Waals surface area (Å²) in [5.41, 5.74) is 0.0126. The average molecular weight is 287 g/mol. The van der Waals surface area contributed by atoms with Gasteiger partial charge in [0.1, 0.15) is 0 Å². The second-order valence-electron chi connectivity index (χ2n) is 3.86. The van der Waals surface area contributed by atoms with Crippen LogP contribution in [0.1, 0.15) is 11.1 Å². The fraction of sp³-hybridized carbons (Fsp3) is 0.154. The van der Waals surface area contributed by atoms with Gasteiger partial charge in [-0.05, 0) is 17.7 Å². The van der Waals surface area contributed by atoms with Gasteiger partial charge in [-0.3, -0.25) is 4.98 Å². The molecule has 2 rings (SSSR count). The maximum absolute atomic E-state index is 12.8. The first-order chi connectivity index (χ1) is 8.98. The zero-order chi connectivity index (χ0) is 13.9. The fourth-order valence-electron chi connectivity index (χ4n) is 1.65. The number of aromatic nitrogens is 1. The van der Waals surface area contributed by atoms with E-state index in [2.05, 4.69) is 10.3 Å². The average Bonchev–Trinajstić information content (AvgIpc) is 2.37. The standard InChI is InChI=1S/C13H10ClF3N2/c14-11-5-6-18-8-12(11)19-7-9-3-1-2-4-10(9)13(15,16)17/h1-6,8,19H,7H2. The first kappa shape index (κ1) is 13.7. The van der Waals surface area contributed by atoms with E-state index in [1.807, 2.05) is 0 Å². The van der Waals surface area contributed by atoms with Gasteiger partial charge in [0, 0.05) is 12.7 Å². The third-order valence-electron chi connectivity index (χ3n) is 2.56. The van der Waals surface area contributed by atoms with Gasteiger partial charge in [0.25, 0.3) is 0 Å². The summed E-state index contributed by atoms with van der Waals surface area (Å²) < 4.78 is 38.4. The van der Waals surface area contributed by atoms with E-state index in [1.165, 1.54) is 24.5 Å². The number of hydrogen-bond donors (Lipinski definition) is 1. The third-order valence-corrected chi connectivity index (χ3v) is 2.89. The minimum atomic E-state index is -4.36. The maximum Gasteiger partial charge on any atom is 0.416 e. The molecule has 19 heavy (non-hydrogen) atoms. The highest BCUT2D eigenvalue weighted by atomic mass is 35.5. The SMILES string of the molecule is FC(F)(F)c1ccccc1CNc1cnccc1Cl. The van der Waals surface area contributed by atoms with Gasteiger partial charge in [0.05, 0.1) is 22.5 Å². The Kier molecular flexibility index (Phi) is 3.95. The second-order valence-corrected chi connectivity index (χ2v) is 4.27. The lowest BCUT2D eigenvalue weighted by molar-refractivity contribution is -0.138. The van der Waals surface area contributed by atoms with E-state index < -0.39 is 11.7 Å². The zero-order valence-electron chi connectivity index (χ0n) is 9.71. The highest BCUT2D eigenvalue weighted by Gasteiger charge is 2.32. The molecular weight excluding hydrogens is 277 g/mol. The number of nitrogens with one attached hydrogen (secondary N) is 1. The Bertz CT molecular complexity index is 570. The van der Waals surface area contributed by atoms with Crippen LogP contribution in [0.15, 0.2) is 42.7 Å². The van der Waals surface area contributed by atoms with Crippen molar-refractivity contribution >= 4 is 17.3 Å². The quantitative estimate of drug-likeness (QED) is 0.906. The highest BCUT2D eigenvalue weighted by molar-refractivity contribution is 6.33. The number of nitrogens with zero attached hydrogens (tertiary/aromatic N) is 1. The summed E-state index contributed by atoms with van der Waals surface area (Å²) in [6.07, 6.45) is -1.38. The molecule has 0 fully saturated rings. The summed E-state index contributed by atoms with van der Waals surface area (Å²) in [7, 11) is 0. The van der Waals surface area contributed by atoms with E-state index in [9.17, 15) is 13.2 Å². The van der Waals surface area contributed by atoms with Crippen LogP contribution in [0.4, 0.5) is 18.9 Å². The molecule has 0 unspecified atom stereocenters.